The van der Waals surface area contributed by atoms with Gasteiger partial charge in [0.2, 0.25) is 0 Å². The van der Waals surface area contributed by atoms with Gasteiger partial charge in [0.15, 0.2) is 0 Å². The topological polar surface area (TPSA) is 70.5 Å². The van der Waals surface area contributed by atoms with Crippen molar-refractivity contribution in [2.24, 2.45) is 5.92 Å². The van der Waals surface area contributed by atoms with Gasteiger partial charge in [-0.2, -0.15) is 0 Å². The van der Waals surface area contributed by atoms with Crippen LogP contribution in [0.1, 0.15) is 23.2 Å². The van der Waals surface area contributed by atoms with Crippen molar-refractivity contribution in [1.29, 1.82) is 0 Å². The van der Waals surface area contributed by atoms with E-state index < -0.39 is 11.9 Å². The van der Waals surface area contributed by atoms with E-state index in [1.54, 1.807) is 17.2 Å². The lowest BCUT2D eigenvalue weighted by Crippen LogP contribution is -2.42. The molecular weight excluding hydrogens is 268 g/mol. The molecule has 0 radical (unpaired) electrons. The predicted molar refractivity (Wildman–Crippen MR) is 78.0 cm³/mol. The summed E-state index contributed by atoms with van der Waals surface area (Å²) >= 11 is 0. The molecule has 1 amide bonds. The van der Waals surface area contributed by atoms with Gasteiger partial charge in [-0.1, -0.05) is 18.2 Å². The molecule has 1 atom stereocenters. The second-order valence-corrected chi connectivity index (χ2v) is 5.31. The zero-order valence-corrected chi connectivity index (χ0v) is 11.5. The molecule has 0 unspecified atom stereocenters. The van der Waals surface area contributed by atoms with Gasteiger partial charge in [-0.25, -0.2) is 0 Å². The van der Waals surface area contributed by atoms with Crippen LogP contribution >= 0.6 is 0 Å². The second-order valence-electron chi connectivity index (χ2n) is 5.31. The molecule has 0 aliphatic carbocycles. The Hall–Kier alpha value is -2.43. The number of para-hydroxylation sites is 1. The minimum atomic E-state index is -0.830. The Morgan fingerprint density at radius 1 is 1.24 bits per heavy atom. The van der Waals surface area contributed by atoms with Crippen molar-refractivity contribution in [3.05, 3.63) is 42.1 Å². The van der Waals surface area contributed by atoms with Crippen LogP contribution < -0.4 is 0 Å². The average Bonchev–Trinajstić information content (AvgIpc) is 2.53. The molecular formula is C16H16N2O3. The highest BCUT2D eigenvalue weighted by Gasteiger charge is 2.29. The van der Waals surface area contributed by atoms with Gasteiger partial charge in [0.1, 0.15) is 0 Å². The molecule has 0 spiro atoms. The molecule has 1 saturated heterocycles. The molecule has 3 rings (SSSR count). The monoisotopic (exact) mass is 284 g/mol. The number of hydrogen-bond acceptors (Lipinski definition) is 3. The summed E-state index contributed by atoms with van der Waals surface area (Å²) in [5.74, 6) is -1.43. The van der Waals surface area contributed by atoms with Crippen molar-refractivity contribution in [2.45, 2.75) is 12.8 Å². The van der Waals surface area contributed by atoms with E-state index in [2.05, 4.69) is 4.98 Å². The Bertz CT molecular complexity index is 693. The van der Waals surface area contributed by atoms with Crippen LogP contribution in [-0.4, -0.2) is 40.0 Å². The van der Waals surface area contributed by atoms with Crippen LogP contribution in [0.15, 0.2) is 36.5 Å². The molecule has 5 nitrogen and oxygen atoms in total. The number of rotatable bonds is 2. The minimum Gasteiger partial charge on any atom is -0.481 e. The van der Waals surface area contributed by atoms with Gasteiger partial charge in [0.25, 0.3) is 5.91 Å². The van der Waals surface area contributed by atoms with Gasteiger partial charge in [-0.15, -0.1) is 0 Å². The fourth-order valence-electron chi connectivity index (χ4n) is 2.81. The van der Waals surface area contributed by atoms with Gasteiger partial charge in [0.05, 0.1) is 17.0 Å². The first-order valence-corrected chi connectivity index (χ1v) is 7.02. The second kappa shape index (κ2) is 5.52. The third kappa shape index (κ3) is 2.59. The largest absolute Gasteiger partial charge is 0.481 e. The first kappa shape index (κ1) is 13.5. The quantitative estimate of drug-likeness (QED) is 0.917. The number of carbonyl (C=O) groups excluding carboxylic acids is 1. The van der Waals surface area contributed by atoms with Crippen LogP contribution in [0.5, 0.6) is 0 Å². The number of hydrogen-bond donors (Lipinski definition) is 1. The maximum atomic E-state index is 12.7. The van der Waals surface area contributed by atoms with Gasteiger partial charge < -0.3 is 10.0 Å². The van der Waals surface area contributed by atoms with Crippen molar-refractivity contribution >= 4 is 22.8 Å². The Labute approximate surface area is 122 Å². The molecule has 5 heteroatoms. The molecule has 1 N–H and O–H groups in total. The predicted octanol–water partition coefficient (Wildman–Crippen LogP) is 2.17. The summed E-state index contributed by atoms with van der Waals surface area (Å²) in [5, 5.41) is 10.0. The van der Waals surface area contributed by atoms with Gasteiger partial charge in [0, 0.05) is 24.7 Å². The van der Waals surface area contributed by atoms with Crippen LogP contribution in [0.3, 0.4) is 0 Å². The molecule has 1 aliphatic rings. The molecule has 1 aliphatic heterocycles. The average molecular weight is 284 g/mol. The number of likely N-dealkylation sites (tertiary alicyclic amines) is 1. The maximum Gasteiger partial charge on any atom is 0.308 e. The van der Waals surface area contributed by atoms with Crippen LogP contribution in [0.25, 0.3) is 10.9 Å². The van der Waals surface area contributed by atoms with Crippen molar-refractivity contribution in [2.75, 3.05) is 13.1 Å². The summed E-state index contributed by atoms with van der Waals surface area (Å²) in [6, 6.07) is 9.24. The van der Waals surface area contributed by atoms with E-state index >= 15 is 0 Å². The van der Waals surface area contributed by atoms with E-state index in [1.165, 1.54) is 0 Å². The first-order chi connectivity index (χ1) is 10.2. The standard InChI is InChI=1S/C16H16N2O3/c19-15(18-9-3-6-12(10-18)16(20)21)13-7-1-4-11-5-2-8-17-14(11)13/h1-2,4-5,7-8,12H,3,6,9-10H2,(H,20,21)/t12-/m1/s1. The normalized spacial score (nSPS) is 18.7. The summed E-state index contributed by atoms with van der Waals surface area (Å²) in [4.78, 5) is 29.7. The first-order valence-electron chi connectivity index (χ1n) is 7.02. The molecule has 21 heavy (non-hydrogen) atoms. The molecule has 1 aromatic carbocycles. The van der Waals surface area contributed by atoms with Gasteiger partial charge in [-0.05, 0) is 25.0 Å². The lowest BCUT2D eigenvalue weighted by molar-refractivity contribution is -0.143. The van der Waals surface area contributed by atoms with Crippen molar-refractivity contribution in [3.63, 3.8) is 0 Å². The van der Waals surface area contributed by atoms with E-state index in [4.69, 9.17) is 5.11 Å². The zero-order chi connectivity index (χ0) is 14.8. The number of piperidine rings is 1. The van der Waals surface area contributed by atoms with Crippen LogP contribution in [0.4, 0.5) is 0 Å². The fourth-order valence-corrected chi connectivity index (χ4v) is 2.81. The highest BCUT2D eigenvalue weighted by atomic mass is 16.4. The van der Waals surface area contributed by atoms with Gasteiger partial charge >= 0.3 is 5.97 Å². The summed E-state index contributed by atoms with van der Waals surface area (Å²) < 4.78 is 0. The molecule has 1 fully saturated rings. The molecule has 0 saturated carbocycles. The summed E-state index contributed by atoms with van der Waals surface area (Å²) in [6.45, 7) is 0.878. The number of aromatic nitrogens is 1. The van der Waals surface area contributed by atoms with Crippen molar-refractivity contribution < 1.29 is 14.7 Å². The van der Waals surface area contributed by atoms with Crippen LogP contribution in [-0.2, 0) is 4.79 Å². The number of carboxylic acid groups (broad SMARTS) is 1. The number of pyridine rings is 1. The number of aliphatic carboxylic acids is 1. The third-order valence-electron chi connectivity index (χ3n) is 3.92. The number of benzene rings is 1. The van der Waals surface area contributed by atoms with Crippen molar-refractivity contribution in [3.8, 4) is 0 Å². The van der Waals surface area contributed by atoms with E-state index in [1.807, 2.05) is 24.3 Å². The van der Waals surface area contributed by atoms with E-state index in [-0.39, 0.29) is 12.5 Å². The van der Waals surface area contributed by atoms with Crippen LogP contribution in [0.2, 0.25) is 0 Å². The van der Waals surface area contributed by atoms with Crippen LogP contribution in [0, 0.1) is 5.92 Å². The number of carbonyl (C=O) groups is 2. The number of carboxylic acids is 1. The SMILES string of the molecule is O=C(O)[C@@H]1CCCN(C(=O)c2cccc3cccnc23)C1. The maximum absolute atomic E-state index is 12.7. The van der Waals surface area contributed by atoms with E-state index in [0.29, 0.717) is 24.0 Å². The minimum absolute atomic E-state index is 0.134. The summed E-state index contributed by atoms with van der Waals surface area (Å²) in [6.07, 6.45) is 3.02. The van der Waals surface area contributed by atoms with Crippen molar-refractivity contribution in [1.82, 2.24) is 9.88 Å². The van der Waals surface area contributed by atoms with E-state index in [0.717, 1.165) is 11.8 Å². The molecule has 1 aromatic heterocycles. The Kier molecular flexibility index (Phi) is 3.56. The molecule has 108 valence electrons. The lowest BCUT2D eigenvalue weighted by Gasteiger charge is -2.30. The lowest BCUT2D eigenvalue weighted by atomic mass is 9.97. The van der Waals surface area contributed by atoms with E-state index in [9.17, 15) is 9.59 Å². The highest BCUT2D eigenvalue weighted by molar-refractivity contribution is 6.05. The zero-order valence-electron chi connectivity index (χ0n) is 11.5. The molecule has 2 heterocycles. The Morgan fingerprint density at radius 2 is 2.05 bits per heavy atom. The van der Waals surface area contributed by atoms with Gasteiger partial charge in [-0.3, -0.25) is 14.6 Å². The number of amides is 1. The number of nitrogens with zero attached hydrogens (tertiary/aromatic N) is 2. The number of fused-ring (bicyclic) bond motifs is 1. The Balaban J connectivity index is 1.92. The summed E-state index contributed by atoms with van der Waals surface area (Å²) in [7, 11) is 0. The highest BCUT2D eigenvalue weighted by Crippen LogP contribution is 2.22. The molecule has 0 bridgehead atoms. The fraction of sp³-hybridized carbons (Fsp3) is 0.312. The third-order valence-corrected chi connectivity index (χ3v) is 3.92. The summed E-state index contributed by atoms with van der Waals surface area (Å²) in [5.41, 5.74) is 1.21. The smallest absolute Gasteiger partial charge is 0.308 e. The Morgan fingerprint density at radius 3 is 2.86 bits per heavy atom. The molecule has 2 aromatic rings.